The van der Waals surface area contributed by atoms with Gasteiger partial charge in [0.2, 0.25) is 0 Å². The number of aromatic nitrogens is 1. The molecule has 1 fully saturated rings. The van der Waals surface area contributed by atoms with Crippen LogP contribution < -0.4 is 5.32 Å². The van der Waals surface area contributed by atoms with Gasteiger partial charge in [0.25, 0.3) is 0 Å². The molecule has 0 amide bonds. The van der Waals surface area contributed by atoms with Gasteiger partial charge in [-0.3, -0.25) is 0 Å². The van der Waals surface area contributed by atoms with Crippen LogP contribution in [0, 0.1) is 13.8 Å². The molecule has 0 saturated carbocycles. The Bertz CT molecular complexity index is 365. The Hall–Kier alpha value is -0.800. The van der Waals surface area contributed by atoms with E-state index in [4.69, 9.17) is 4.74 Å². The fourth-order valence-electron chi connectivity index (χ4n) is 2.71. The van der Waals surface area contributed by atoms with Crippen molar-refractivity contribution >= 4 is 0 Å². The molecular weight excluding hydrogens is 212 g/mol. The second-order valence-corrected chi connectivity index (χ2v) is 4.91. The Morgan fingerprint density at radius 3 is 2.88 bits per heavy atom. The Morgan fingerprint density at radius 2 is 2.29 bits per heavy atom. The first-order valence-electron chi connectivity index (χ1n) is 6.70. The lowest BCUT2D eigenvalue weighted by Gasteiger charge is -2.11. The SMILES string of the molecule is CCn1c(C)cc(CNCC2CCCO2)c1C. The van der Waals surface area contributed by atoms with Gasteiger partial charge < -0.3 is 14.6 Å². The van der Waals surface area contributed by atoms with E-state index >= 15 is 0 Å². The summed E-state index contributed by atoms with van der Waals surface area (Å²) in [5.74, 6) is 0. The van der Waals surface area contributed by atoms with Crippen LogP contribution in [-0.4, -0.2) is 23.8 Å². The summed E-state index contributed by atoms with van der Waals surface area (Å²) in [5, 5.41) is 3.51. The standard InChI is InChI=1S/C14H24N2O/c1-4-16-11(2)8-13(12(16)3)9-15-10-14-6-5-7-17-14/h8,14-15H,4-7,9-10H2,1-3H3. The molecule has 1 N–H and O–H groups in total. The molecule has 3 heteroatoms. The van der Waals surface area contributed by atoms with Crippen LogP contribution in [0.4, 0.5) is 0 Å². The van der Waals surface area contributed by atoms with Crippen molar-refractivity contribution in [2.24, 2.45) is 0 Å². The lowest BCUT2D eigenvalue weighted by molar-refractivity contribution is 0.110. The molecule has 3 nitrogen and oxygen atoms in total. The van der Waals surface area contributed by atoms with Gasteiger partial charge in [-0.05, 0) is 45.2 Å². The molecule has 1 aromatic rings. The van der Waals surface area contributed by atoms with E-state index in [2.05, 4.69) is 36.7 Å². The second-order valence-electron chi connectivity index (χ2n) is 4.91. The van der Waals surface area contributed by atoms with E-state index in [1.165, 1.54) is 29.8 Å². The van der Waals surface area contributed by atoms with Gasteiger partial charge in [0.15, 0.2) is 0 Å². The van der Waals surface area contributed by atoms with Crippen molar-refractivity contribution in [3.05, 3.63) is 23.0 Å². The van der Waals surface area contributed by atoms with Gasteiger partial charge in [0, 0.05) is 37.6 Å². The fourth-order valence-corrected chi connectivity index (χ4v) is 2.71. The molecular formula is C14H24N2O. The molecule has 1 aliphatic heterocycles. The molecule has 0 aromatic carbocycles. The Morgan fingerprint density at radius 1 is 1.47 bits per heavy atom. The quantitative estimate of drug-likeness (QED) is 0.849. The third-order valence-electron chi connectivity index (χ3n) is 3.71. The molecule has 1 saturated heterocycles. The van der Waals surface area contributed by atoms with Crippen LogP contribution in [0.1, 0.15) is 36.7 Å². The predicted molar refractivity (Wildman–Crippen MR) is 70.3 cm³/mol. The third-order valence-corrected chi connectivity index (χ3v) is 3.71. The summed E-state index contributed by atoms with van der Waals surface area (Å²) >= 11 is 0. The molecule has 1 atom stereocenters. The van der Waals surface area contributed by atoms with Crippen molar-refractivity contribution in [1.82, 2.24) is 9.88 Å². The van der Waals surface area contributed by atoms with Crippen molar-refractivity contribution in [3.8, 4) is 0 Å². The second kappa shape index (κ2) is 5.69. The number of nitrogens with zero attached hydrogens (tertiary/aromatic N) is 1. The lowest BCUT2D eigenvalue weighted by Crippen LogP contribution is -2.25. The largest absolute Gasteiger partial charge is 0.377 e. The number of ether oxygens (including phenoxy) is 1. The number of nitrogens with one attached hydrogen (secondary N) is 1. The maximum Gasteiger partial charge on any atom is 0.0700 e. The van der Waals surface area contributed by atoms with Crippen molar-refractivity contribution in [3.63, 3.8) is 0 Å². The summed E-state index contributed by atoms with van der Waals surface area (Å²) in [4.78, 5) is 0. The van der Waals surface area contributed by atoms with Gasteiger partial charge in [0.1, 0.15) is 0 Å². The van der Waals surface area contributed by atoms with E-state index in [1.54, 1.807) is 0 Å². The summed E-state index contributed by atoms with van der Waals surface area (Å²) < 4.78 is 7.97. The third kappa shape index (κ3) is 2.90. The predicted octanol–water partition coefficient (Wildman–Crippen LogP) is 2.39. The number of hydrogen-bond donors (Lipinski definition) is 1. The monoisotopic (exact) mass is 236 g/mol. The Balaban J connectivity index is 1.86. The summed E-state index contributed by atoms with van der Waals surface area (Å²) in [6, 6.07) is 2.29. The summed E-state index contributed by atoms with van der Waals surface area (Å²) in [5.41, 5.74) is 4.17. The topological polar surface area (TPSA) is 26.2 Å². The number of hydrogen-bond acceptors (Lipinski definition) is 2. The zero-order valence-electron chi connectivity index (χ0n) is 11.3. The van der Waals surface area contributed by atoms with Gasteiger partial charge in [-0.2, -0.15) is 0 Å². The first kappa shape index (κ1) is 12.7. The first-order valence-corrected chi connectivity index (χ1v) is 6.70. The van der Waals surface area contributed by atoms with Crippen molar-refractivity contribution in [2.45, 2.75) is 52.8 Å². The van der Waals surface area contributed by atoms with E-state index in [0.717, 1.165) is 26.2 Å². The minimum atomic E-state index is 0.435. The average Bonchev–Trinajstić information content (AvgIpc) is 2.89. The van der Waals surface area contributed by atoms with Crippen LogP contribution in [0.25, 0.3) is 0 Å². The minimum Gasteiger partial charge on any atom is -0.377 e. The number of rotatable bonds is 5. The van der Waals surface area contributed by atoms with E-state index in [0.29, 0.717) is 6.10 Å². The fraction of sp³-hybridized carbons (Fsp3) is 0.714. The highest BCUT2D eigenvalue weighted by Gasteiger charge is 2.15. The number of aryl methyl sites for hydroxylation is 1. The van der Waals surface area contributed by atoms with Gasteiger partial charge >= 0.3 is 0 Å². The van der Waals surface area contributed by atoms with Crippen molar-refractivity contribution < 1.29 is 4.74 Å². The molecule has 0 spiro atoms. The van der Waals surface area contributed by atoms with Gasteiger partial charge in [-0.25, -0.2) is 0 Å². The molecule has 1 aliphatic rings. The van der Waals surface area contributed by atoms with Gasteiger partial charge in [0.05, 0.1) is 6.10 Å². The normalized spacial score (nSPS) is 20.1. The van der Waals surface area contributed by atoms with Gasteiger partial charge in [-0.15, -0.1) is 0 Å². The van der Waals surface area contributed by atoms with E-state index in [9.17, 15) is 0 Å². The Labute approximate surface area is 104 Å². The summed E-state index contributed by atoms with van der Waals surface area (Å²) in [7, 11) is 0. The average molecular weight is 236 g/mol. The highest BCUT2D eigenvalue weighted by atomic mass is 16.5. The van der Waals surface area contributed by atoms with Crippen LogP contribution in [0.3, 0.4) is 0 Å². The van der Waals surface area contributed by atoms with Gasteiger partial charge in [-0.1, -0.05) is 0 Å². The highest BCUT2D eigenvalue weighted by Crippen LogP contribution is 2.15. The smallest absolute Gasteiger partial charge is 0.0700 e. The van der Waals surface area contributed by atoms with Crippen LogP contribution in [0.15, 0.2) is 6.07 Å². The Kier molecular flexibility index (Phi) is 4.24. The van der Waals surface area contributed by atoms with Crippen LogP contribution in [0.5, 0.6) is 0 Å². The van der Waals surface area contributed by atoms with Crippen molar-refractivity contribution in [1.29, 1.82) is 0 Å². The molecule has 17 heavy (non-hydrogen) atoms. The van der Waals surface area contributed by atoms with Crippen molar-refractivity contribution in [2.75, 3.05) is 13.2 Å². The molecule has 2 rings (SSSR count). The molecule has 0 bridgehead atoms. The maximum absolute atomic E-state index is 5.60. The lowest BCUT2D eigenvalue weighted by atomic mass is 10.2. The highest BCUT2D eigenvalue weighted by molar-refractivity contribution is 5.26. The first-order chi connectivity index (χ1) is 8.22. The van der Waals surface area contributed by atoms with Crippen LogP contribution in [0.2, 0.25) is 0 Å². The molecule has 1 unspecified atom stereocenters. The zero-order valence-corrected chi connectivity index (χ0v) is 11.3. The van der Waals surface area contributed by atoms with Crippen LogP contribution in [-0.2, 0) is 17.8 Å². The molecule has 2 heterocycles. The molecule has 1 aromatic heterocycles. The maximum atomic E-state index is 5.60. The van der Waals surface area contributed by atoms with E-state index < -0.39 is 0 Å². The molecule has 0 radical (unpaired) electrons. The summed E-state index contributed by atoms with van der Waals surface area (Å²) in [6.45, 7) is 10.5. The van der Waals surface area contributed by atoms with E-state index in [1.807, 2.05) is 0 Å². The molecule has 96 valence electrons. The minimum absolute atomic E-state index is 0.435. The van der Waals surface area contributed by atoms with Crippen LogP contribution >= 0.6 is 0 Å². The summed E-state index contributed by atoms with van der Waals surface area (Å²) in [6.07, 6.45) is 2.86. The molecule has 0 aliphatic carbocycles. The zero-order chi connectivity index (χ0) is 12.3. The van der Waals surface area contributed by atoms with E-state index in [-0.39, 0.29) is 0 Å².